The zero-order valence-corrected chi connectivity index (χ0v) is 14.8. The molecule has 0 saturated heterocycles. The van der Waals surface area contributed by atoms with Crippen LogP contribution < -0.4 is 15.4 Å². The molecule has 0 aliphatic rings. The van der Waals surface area contributed by atoms with Crippen LogP contribution in [0.2, 0.25) is 0 Å². The van der Waals surface area contributed by atoms with Crippen LogP contribution in [0.25, 0.3) is 0 Å². The number of benzene rings is 2. The smallest absolute Gasteiger partial charge is 0.292 e. The van der Waals surface area contributed by atoms with Gasteiger partial charge in [0, 0.05) is 0 Å². The third-order valence-corrected chi connectivity index (χ3v) is 3.89. The van der Waals surface area contributed by atoms with E-state index in [0.717, 1.165) is 17.1 Å². The van der Waals surface area contributed by atoms with Gasteiger partial charge in [-0.2, -0.15) is 0 Å². The van der Waals surface area contributed by atoms with Gasteiger partial charge in [0.15, 0.2) is 11.5 Å². The Morgan fingerprint density at radius 1 is 0.893 bits per heavy atom. The van der Waals surface area contributed by atoms with Crippen molar-refractivity contribution in [3.8, 4) is 11.5 Å². The third-order valence-electron chi connectivity index (χ3n) is 3.89. The second kappa shape index (κ2) is 8.09. The molecule has 6 nitrogen and oxygen atoms in total. The zero-order chi connectivity index (χ0) is 19.2. The molecular formula is C22H17N3O3. The fourth-order valence-electron chi connectivity index (χ4n) is 2.56. The van der Waals surface area contributed by atoms with Gasteiger partial charge in [0.2, 0.25) is 0 Å². The fraction of sp³-hybridized carbons (Fsp3) is 0. The Morgan fingerprint density at radius 2 is 1.71 bits per heavy atom. The average molecular weight is 371 g/mol. The van der Waals surface area contributed by atoms with Crippen LogP contribution >= 0.6 is 0 Å². The lowest BCUT2D eigenvalue weighted by Crippen LogP contribution is -2.11. The molecule has 2 heterocycles. The van der Waals surface area contributed by atoms with Crippen molar-refractivity contribution >= 4 is 23.1 Å². The number of hydrogen-bond donors (Lipinski definition) is 2. The predicted octanol–water partition coefficient (Wildman–Crippen LogP) is 5.46. The van der Waals surface area contributed by atoms with Crippen molar-refractivity contribution in [3.05, 3.63) is 97.1 Å². The summed E-state index contributed by atoms with van der Waals surface area (Å²) in [6, 6.07) is 24.0. The van der Waals surface area contributed by atoms with Gasteiger partial charge in [-0.15, -0.1) is 0 Å². The SMILES string of the molecule is O=C(Nc1ccc(Nc2ccccc2Oc2ccccc2)cn1)c1ccco1. The first-order chi connectivity index (χ1) is 13.8. The highest BCUT2D eigenvalue weighted by molar-refractivity contribution is 6.01. The van der Waals surface area contributed by atoms with Crippen molar-refractivity contribution in [1.29, 1.82) is 0 Å². The van der Waals surface area contributed by atoms with Crippen LogP contribution in [0, 0.1) is 0 Å². The van der Waals surface area contributed by atoms with E-state index in [1.165, 1.54) is 6.26 Å². The molecule has 138 valence electrons. The van der Waals surface area contributed by atoms with Crippen molar-refractivity contribution in [3.63, 3.8) is 0 Å². The molecule has 0 saturated carbocycles. The van der Waals surface area contributed by atoms with Crippen LogP contribution in [-0.2, 0) is 0 Å². The second-order valence-electron chi connectivity index (χ2n) is 5.90. The monoisotopic (exact) mass is 371 g/mol. The first-order valence-electron chi connectivity index (χ1n) is 8.68. The summed E-state index contributed by atoms with van der Waals surface area (Å²) < 4.78 is 11.0. The highest BCUT2D eigenvalue weighted by Crippen LogP contribution is 2.31. The van der Waals surface area contributed by atoms with Crippen molar-refractivity contribution in [2.75, 3.05) is 10.6 Å². The summed E-state index contributed by atoms with van der Waals surface area (Å²) in [6.07, 6.45) is 3.08. The maximum absolute atomic E-state index is 12.0. The summed E-state index contributed by atoms with van der Waals surface area (Å²) in [5.74, 6) is 1.77. The maximum atomic E-state index is 12.0. The number of hydrogen-bond acceptors (Lipinski definition) is 5. The molecule has 0 aliphatic heterocycles. The Hall–Kier alpha value is -4.06. The molecule has 0 unspecified atom stereocenters. The van der Waals surface area contributed by atoms with Gasteiger partial charge in [0.1, 0.15) is 11.6 Å². The van der Waals surface area contributed by atoms with Gasteiger partial charge in [-0.3, -0.25) is 4.79 Å². The summed E-state index contributed by atoms with van der Waals surface area (Å²) in [6.45, 7) is 0. The standard InChI is InChI=1S/C22H17N3O3/c26-22(20-11-6-14-27-20)25-21-13-12-16(15-23-21)24-18-9-4-5-10-19(18)28-17-7-2-1-3-8-17/h1-15,24H,(H,23,25,26). The Bertz CT molecular complexity index is 1050. The van der Waals surface area contributed by atoms with E-state index in [-0.39, 0.29) is 11.7 Å². The lowest BCUT2D eigenvalue weighted by molar-refractivity contribution is 0.0996. The van der Waals surface area contributed by atoms with E-state index in [0.29, 0.717) is 11.6 Å². The van der Waals surface area contributed by atoms with Gasteiger partial charge >= 0.3 is 0 Å². The number of pyridine rings is 1. The number of nitrogens with one attached hydrogen (secondary N) is 2. The molecule has 0 aliphatic carbocycles. The molecule has 4 aromatic rings. The third kappa shape index (κ3) is 4.19. The van der Waals surface area contributed by atoms with Gasteiger partial charge in [-0.05, 0) is 48.5 Å². The molecule has 0 atom stereocenters. The molecule has 0 spiro atoms. The fourth-order valence-corrected chi connectivity index (χ4v) is 2.56. The molecule has 2 aromatic carbocycles. The predicted molar refractivity (Wildman–Crippen MR) is 107 cm³/mol. The van der Waals surface area contributed by atoms with E-state index in [9.17, 15) is 4.79 Å². The van der Waals surface area contributed by atoms with Gasteiger partial charge in [-0.1, -0.05) is 30.3 Å². The van der Waals surface area contributed by atoms with Crippen LogP contribution in [0.4, 0.5) is 17.2 Å². The van der Waals surface area contributed by atoms with Gasteiger partial charge in [0.05, 0.1) is 23.8 Å². The lowest BCUT2D eigenvalue weighted by Gasteiger charge is -2.13. The first-order valence-corrected chi connectivity index (χ1v) is 8.68. The molecular weight excluding hydrogens is 354 g/mol. The number of nitrogens with zero attached hydrogens (tertiary/aromatic N) is 1. The van der Waals surface area contributed by atoms with Gasteiger partial charge < -0.3 is 19.8 Å². The topological polar surface area (TPSA) is 76.4 Å². The molecule has 28 heavy (non-hydrogen) atoms. The largest absolute Gasteiger partial charge is 0.459 e. The van der Waals surface area contributed by atoms with E-state index >= 15 is 0 Å². The zero-order valence-electron chi connectivity index (χ0n) is 14.8. The molecule has 2 aromatic heterocycles. The minimum atomic E-state index is -0.347. The molecule has 6 heteroatoms. The number of carbonyl (C=O) groups is 1. The van der Waals surface area contributed by atoms with Gasteiger partial charge in [-0.25, -0.2) is 4.98 Å². The summed E-state index contributed by atoms with van der Waals surface area (Å²) in [5.41, 5.74) is 1.57. The summed E-state index contributed by atoms with van der Waals surface area (Å²) in [7, 11) is 0. The van der Waals surface area contributed by atoms with Crippen molar-refractivity contribution < 1.29 is 13.9 Å². The highest BCUT2D eigenvalue weighted by atomic mass is 16.5. The average Bonchev–Trinajstić information content (AvgIpc) is 3.27. The van der Waals surface area contributed by atoms with Crippen LogP contribution in [0.1, 0.15) is 10.6 Å². The summed E-state index contributed by atoms with van der Waals surface area (Å²) >= 11 is 0. The van der Waals surface area contributed by atoms with Gasteiger partial charge in [0.25, 0.3) is 5.91 Å². The molecule has 0 radical (unpaired) electrons. The number of furan rings is 1. The minimum absolute atomic E-state index is 0.232. The van der Waals surface area contributed by atoms with Crippen LogP contribution in [0.5, 0.6) is 11.5 Å². The van der Waals surface area contributed by atoms with Crippen LogP contribution in [0.3, 0.4) is 0 Å². The number of rotatable bonds is 6. The lowest BCUT2D eigenvalue weighted by atomic mass is 10.2. The molecule has 4 rings (SSSR count). The minimum Gasteiger partial charge on any atom is -0.459 e. The number of anilines is 3. The highest BCUT2D eigenvalue weighted by Gasteiger charge is 2.10. The quantitative estimate of drug-likeness (QED) is 0.470. The summed E-state index contributed by atoms with van der Waals surface area (Å²) in [5, 5.41) is 5.97. The maximum Gasteiger partial charge on any atom is 0.292 e. The van der Waals surface area contributed by atoms with E-state index in [4.69, 9.17) is 9.15 Å². The Kier molecular flexibility index (Phi) is 5.02. The number of aromatic nitrogens is 1. The number of carbonyl (C=O) groups excluding carboxylic acids is 1. The first kappa shape index (κ1) is 17.4. The number of amides is 1. The number of para-hydroxylation sites is 3. The van der Waals surface area contributed by atoms with E-state index in [1.54, 1.807) is 24.4 Å². The van der Waals surface area contributed by atoms with E-state index in [2.05, 4.69) is 15.6 Å². The normalized spacial score (nSPS) is 10.3. The second-order valence-corrected chi connectivity index (χ2v) is 5.90. The number of ether oxygens (including phenoxy) is 1. The van der Waals surface area contributed by atoms with E-state index in [1.807, 2.05) is 60.7 Å². The van der Waals surface area contributed by atoms with Crippen LogP contribution in [-0.4, -0.2) is 10.9 Å². The Balaban J connectivity index is 1.45. The Labute approximate surface area is 161 Å². The van der Waals surface area contributed by atoms with Crippen LogP contribution in [0.15, 0.2) is 95.7 Å². The van der Waals surface area contributed by atoms with Crippen molar-refractivity contribution in [2.24, 2.45) is 0 Å². The molecule has 1 amide bonds. The summed E-state index contributed by atoms with van der Waals surface area (Å²) in [4.78, 5) is 16.3. The van der Waals surface area contributed by atoms with Crippen molar-refractivity contribution in [1.82, 2.24) is 4.98 Å². The molecule has 0 fully saturated rings. The Morgan fingerprint density at radius 3 is 2.46 bits per heavy atom. The molecule has 2 N–H and O–H groups in total. The van der Waals surface area contributed by atoms with Crippen molar-refractivity contribution in [2.45, 2.75) is 0 Å². The molecule has 0 bridgehead atoms. The van der Waals surface area contributed by atoms with E-state index < -0.39 is 0 Å².